The minimum Gasteiger partial charge on any atom is -0.487 e. The molecule has 1 saturated heterocycles. The van der Waals surface area contributed by atoms with E-state index in [0.717, 1.165) is 7.11 Å². The van der Waals surface area contributed by atoms with Crippen LogP contribution in [0.1, 0.15) is 22.6 Å². The maximum atomic E-state index is 15.0. The van der Waals surface area contributed by atoms with Crippen molar-refractivity contribution in [1.82, 2.24) is 10.6 Å². The Hall–Kier alpha value is -4.62. The Labute approximate surface area is 251 Å². The van der Waals surface area contributed by atoms with Crippen molar-refractivity contribution >= 4 is 18.0 Å². The number of para-hydroxylation sites is 1. The van der Waals surface area contributed by atoms with E-state index in [1.807, 2.05) is 0 Å². The summed E-state index contributed by atoms with van der Waals surface area (Å²) in [5.41, 5.74) is 5.93. The van der Waals surface area contributed by atoms with Gasteiger partial charge in [0.25, 0.3) is 0 Å². The normalized spacial score (nSPS) is 17.6. The second-order valence-electron chi connectivity index (χ2n) is 10.1. The van der Waals surface area contributed by atoms with E-state index in [-0.39, 0.29) is 43.6 Å². The van der Waals surface area contributed by atoms with Gasteiger partial charge in [0.1, 0.15) is 37.0 Å². The first-order valence-electron chi connectivity index (χ1n) is 13.7. The molecule has 3 aromatic rings. The fourth-order valence-electron chi connectivity index (χ4n) is 4.88. The number of Topliss-reactive ketones (excluding diaryl/α,β-unsaturated/α-hetero) is 1. The quantitative estimate of drug-likeness (QED) is 0.281. The summed E-state index contributed by atoms with van der Waals surface area (Å²) in [4.78, 5) is 37.2. The summed E-state index contributed by atoms with van der Waals surface area (Å²) in [6.07, 6.45) is -2.69. The summed E-state index contributed by atoms with van der Waals surface area (Å²) < 4.78 is 64.2. The number of benzene rings is 3. The van der Waals surface area contributed by atoms with Crippen molar-refractivity contribution in [3.8, 4) is 5.75 Å². The van der Waals surface area contributed by atoms with E-state index in [4.69, 9.17) is 24.7 Å². The summed E-state index contributed by atoms with van der Waals surface area (Å²) in [7, 11) is 1.12. The van der Waals surface area contributed by atoms with Gasteiger partial charge in [0.2, 0.25) is 0 Å². The van der Waals surface area contributed by atoms with Crippen molar-refractivity contribution in [3.05, 3.63) is 101 Å². The van der Waals surface area contributed by atoms with Crippen LogP contribution in [0.3, 0.4) is 0 Å². The van der Waals surface area contributed by atoms with Crippen LogP contribution in [0.2, 0.25) is 0 Å². The molecule has 0 bridgehead atoms. The Morgan fingerprint density at radius 1 is 1.00 bits per heavy atom. The Morgan fingerprint density at radius 3 is 2.41 bits per heavy atom. The number of ketones is 1. The first kappa shape index (κ1) is 32.3. The van der Waals surface area contributed by atoms with Crippen LogP contribution < -0.4 is 21.1 Å². The lowest BCUT2D eigenvalue weighted by molar-refractivity contribution is -0.120. The molecule has 0 radical (unpaired) electrons. The fourth-order valence-corrected chi connectivity index (χ4v) is 4.88. The van der Waals surface area contributed by atoms with Crippen LogP contribution in [-0.4, -0.2) is 69.6 Å². The van der Waals surface area contributed by atoms with Crippen molar-refractivity contribution in [2.24, 2.45) is 5.73 Å². The molecule has 4 N–H and O–H groups in total. The zero-order chi connectivity index (χ0) is 31.6. The number of ether oxygens (including phenoxy) is 4. The van der Waals surface area contributed by atoms with Gasteiger partial charge in [-0.2, -0.15) is 0 Å². The third-order valence-corrected chi connectivity index (χ3v) is 7.00. The van der Waals surface area contributed by atoms with Crippen LogP contribution in [-0.2, 0) is 25.4 Å². The molecule has 0 aromatic heterocycles. The van der Waals surface area contributed by atoms with Crippen molar-refractivity contribution in [1.29, 1.82) is 0 Å². The van der Waals surface area contributed by atoms with Crippen LogP contribution >= 0.6 is 0 Å². The van der Waals surface area contributed by atoms with E-state index < -0.39 is 53.5 Å². The smallest absolute Gasteiger partial charge is 0.407 e. The second kappa shape index (κ2) is 15.2. The number of amides is 2. The topological polar surface area (TPSA) is 138 Å². The van der Waals surface area contributed by atoms with Gasteiger partial charge in [-0.15, -0.1) is 0 Å². The molecule has 0 spiro atoms. The largest absolute Gasteiger partial charge is 0.487 e. The van der Waals surface area contributed by atoms with Crippen molar-refractivity contribution in [3.63, 3.8) is 0 Å². The Morgan fingerprint density at radius 2 is 1.75 bits per heavy atom. The SMILES string of the molecule is COC(=O)N[C@H](C(=O)Cc1cccc(F)c1OC[C@@H]1CN[C@H](COC(N)=O)CO1)[C@@H](c1ccc(F)cc1)c1cccc(F)c1. The molecule has 2 amide bonds. The van der Waals surface area contributed by atoms with E-state index in [1.165, 1.54) is 60.7 Å². The van der Waals surface area contributed by atoms with E-state index in [0.29, 0.717) is 17.7 Å². The van der Waals surface area contributed by atoms with Crippen LogP contribution in [0.5, 0.6) is 5.75 Å². The second-order valence-corrected chi connectivity index (χ2v) is 10.1. The highest BCUT2D eigenvalue weighted by Crippen LogP contribution is 2.32. The molecule has 1 aliphatic heterocycles. The van der Waals surface area contributed by atoms with Gasteiger partial charge in [-0.25, -0.2) is 22.8 Å². The summed E-state index contributed by atoms with van der Waals surface area (Å²) in [6.45, 7) is 0.463. The first-order valence-corrected chi connectivity index (χ1v) is 13.7. The summed E-state index contributed by atoms with van der Waals surface area (Å²) in [5, 5.41) is 5.65. The maximum absolute atomic E-state index is 15.0. The molecule has 1 heterocycles. The predicted octanol–water partition coefficient (Wildman–Crippen LogP) is 3.60. The number of alkyl carbamates (subject to hydrolysis) is 1. The Bertz CT molecular complexity index is 1450. The van der Waals surface area contributed by atoms with Gasteiger partial charge < -0.3 is 35.3 Å². The Kier molecular flexibility index (Phi) is 11.2. The first-order chi connectivity index (χ1) is 21.1. The number of morpholine rings is 1. The summed E-state index contributed by atoms with van der Waals surface area (Å²) >= 11 is 0. The lowest BCUT2D eigenvalue weighted by Gasteiger charge is -2.30. The molecule has 1 fully saturated rings. The highest BCUT2D eigenvalue weighted by molar-refractivity contribution is 5.91. The highest BCUT2D eigenvalue weighted by Gasteiger charge is 2.34. The molecule has 0 saturated carbocycles. The molecule has 44 heavy (non-hydrogen) atoms. The summed E-state index contributed by atoms with van der Waals surface area (Å²) in [5.74, 6) is -3.52. The monoisotopic (exact) mass is 615 g/mol. The number of primary amides is 1. The highest BCUT2D eigenvalue weighted by atomic mass is 19.1. The van der Waals surface area contributed by atoms with Gasteiger partial charge in [0, 0.05) is 24.4 Å². The third kappa shape index (κ3) is 8.71. The third-order valence-electron chi connectivity index (χ3n) is 7.00. The van der Waals surface area contributed by atoms with Crippen molar-refractivity contribution in [2.45, 2.75) is 30.5 Å². The van der Waals surface area contributed by atoms with E-state index in [9.17, 15) is 23.2 Å². The predicted molar refractivity (Wildman–Crippen MR) is 152 cm³/mol. The van der Waals surface area contributed by atoms with Crippen molar-refractivity contribution in [2.75, 3.05) is 33.5 Å². The minimum absolute atomic E-state index is 0.0256. The zero-order valence-corrected chi connectivity index (χ0v) is 23.8. The minimum atomic E-state index is -1.32. The number of hydrogen-bond acceptors (Lipinski definition) is 8. The van der Waals surface area contributed by atoms with E-state index in [1.54, 1.807) is 6.07 Å². The van der Waals surface area contributed by atoms with Crippen LogP contribution in [0.15, 0.2) is 66.7 Å². The van der Waals surface area contributed by atoms with Crippen molar-refractivity contribution < 1.29 is 46.5 Å². The molecule has 13 heteroatoms. The number of nitrogens with one attached hydrogen (secondary N) is 2. The summed E-state index contributed by atoms with van der Waals surface area (Å²) in [6, 6.07) is 13.2. The van der Waals surface area contributed by atoms with Gasteiger partial charge in [0.05, 0.1) is 19.8 Å². The maximum Gasteiger partial charge on any atom is 0.407 e. The van der Waals surface area contributed by atoms with Crippen LogP contribution in [0.25, 0.3) is 0 Å². The van der Waals surface area contributed by atoms with Crippen LogP contribution in [0, 0.1) is 17.5 Å². The number of hydrogen-bond donors (Lipinski definition) is 3. The lowest BCUT2D eigenvalue weighted by Crippen LogP contribution is -2.50. The fraction of sp³-hybridized carbons (Fsp3) is 0.323. The van der Waals surface area contributed by atoms with Gasteiger partial charge in [-0.05, 0) is 41.5 Å². The van der Waals surface area contributed by atoms with Gasteiger partial charge in [-0.3, -0.25) is 4.79 Å². The average molecular weight is 616 g/mol. The molecule has 4 rings (SSSR count). The van der Waals surface area contributed by atoms with Crippen LogP contribution in [0.4, 0.5) is 22.8 Å². The molecular formula is C31H32F3N3O7. The number of halogens is 3. The van der Waals surface area contributed by atoms with Gasteiger partial charge in [-0.1, -0.05) is 36.4 Å². The van der Waals surface area contributed by atoms with Gasteiger partial charge in [0.15, 0.2) is 17.3 Å². The lowest BCUT2D eigenvalue weighted by atomic mass is 9.81. The number of nitrogens with two attached hydrogens (primary N) is 1. The molecule has 10 nitrogen and oxygen atoms in total. The number of carbonyl (C=O) groups excluding carboxylic acids is 3. The number of carbonyl (C=O) groups is 3. The molecule has 1 aliphatic rings. The molecular weight excluding hydrogens is 583 g/mol. The van der Waals surface area contributed by atoms with Gasteiger partial charge >= 0.3 is 12.2 Å². The molecule has 234 valence electrons. The van der Waals surface area contributed by atoms with E-state index >= 15 is 4.39 Å². The average Bonchev–Trinajstić information content (AvgIpc) is 3.00. The standard InChI is InChI=1S/C31H32F3N3O7/c1-41-31(40)37-28(27(18-8-10-21(32)11-9-18)19-4-2-6-22(33)12-19)26(38)13-20-5-3-7-25(34)29(20)43-17-24-14-36-23(15-42-24)16-44-30(35)39/h2-12,23-24,27-28,36H,13-17H2,1H3,(H2,35,39)(H,37,40)/t23-,24-,27-,28+/m0/s1. The number of methoxy groups -OCH3 is 1. The zero-order valence-electron chi connectivity index (χ0n) is 23.8. The molecule has 3 aromatic carbocycles. The Balaban J connectivity index is 1.56. The number of rotatable bonds is 12. The molecule has 0 unspecified atom stereocenters. The molecule has 4 atom stereocenters. The molecule has 0 aliphatic carbocycles. The van der Waals surface area contributed by atoms with E-state index in [2.05, 4.69) is 10.6 Å².